The third kappa shape index (κ3) is 5.80. The molecule has 14 aromatic carbocycles. The summed E-state index contributed by atoms with van der Waals surface area (Å²) >= 11 is 0. The molecule has 4 heteroatoms. The topological polar surface area (TPSA) is 19.7 Å². The van der Waals surface area contributed by atoms with E-state index in [0.717, 1.165) is 22.7 Å². The van der Waals surface area contributed by atoms with Gasteiger partial charge < -0.3 is 18.3 Å². The molecule has 20 rings (SSSR count). The molecule has 0 radical (unpaired) electrons. The number of nitrogens with zero attached hydrogens (tertiary/aromatic N) is 4. The third-order valence-electron chi connectivity index (χ3n) is 19.5. The van der Waals surface area contributed by atoms with Crippen LogP contribution in [-0.2, 0) is 5.41 Å². The second-order valence-electron chi connectivity index (χ2n) is 23.5. The van der Waals surface area contributed by atoms with Crippen LogP contribution in [0.1, 0.15) is 22.3 Å². The number of aromatic nitrogens is 4. The second kappa shape index (κ2) is 16.5. The van der Waals surface area contributed by atoms with E-state index in [2.05, 4.69) is 309 Å². The van der Waals surface area contributed by atoms with E-state index in [1.807, 2.05) is 0 Å². The fourth-order valence-corrected chi connectivity index (χ4v) is 16.2. The summed E-state index contributed by atoms with van der Waals surface area (Å²) in [5.41, 5.74) is 23.8. The molecule has 4 aromatic heterocycles. The Morgan fingerprint density at radius 1 is 0.188 bits per heavy atom. The van der Waals surface area contributed by atoms with Gasteiger partial charge in [0.2, 0.25) is 0 Å². The first-order chi connectivity index (χ1) is 42.2. The quantitative estimate of drug-likeness (QED) is 0.167. The molecule has 0 N–H and O–H groups in total. The third-order valence-corrected chi connectivity index (χ3v) is 19.5. The lowest BCUT2D eigenvalue weighted by Gasteiger charge is -2.30. The lowest BCUT2D eigenvalue weighted by Crippen LogP contribution is -2.26. The van der Waals surface area contributed by atoms with Crippen molar-refractivity contribution >= 4 is 109 Å². The van der Waals surface area contributed by atoms with Gasteiger partial charge in [-0.05, 0) is 163 Å². The van der Waals surface area contributed by atoms with E-state index < -0.39 is 5.41 Å². The molecule has 0 saturated heterocycles. The average Bonchev–Trinajstić information content (AvgIpc) is 1.85. The van der Waals surface area contributed by atoms with E-state index >= 15 is 0 Å². The fraction of sp³-hybridized carbons (Fsp3) is 0.0123. The Morgan fingerprint density at radius 3 is 1.02 bits per heavy atom. The maximum Gasteiger partial charge on any atom is 0.0727 e. The van der Waals surface area contributed by atoms with Crippen LogP contribution >= 0.6 is 0 Å². The van der Waals surface area contributed by atoms with Crippen LogP contribution in [0.2, 0.25) is 0 Å². The molecule has 392 valence electrons. The van der Waals surface area contributed by atoms with Gasteiger partial charge in [-0.15, -0.1) is 0 Å². The van der Waals surface area contributed by atoms with E-state index in [4.69, 9.17) is 0 Å². The number of rotatable bonds is 4. The molecule has 4 nitrogen and oxygen atoms in total. The molecule has 18 aromatic rings. The van der Waals surface area contributed by atoms with Crippen molar-refractivity contribution in [2.75, 3.05) is 0 Å². The molecule has 4 heterocycles. The minimum atomic E-state index is -0.652. The van der Waals surface area contributed by atoms with Crippen LogP contribution in [0.25, 0.3) is 154 Å². The molecule has 0 atom stereocenters. The lowest BCUT2D eigenvalue weighted by molar-refractivity contribution is 0.795. The van der Waals surface area contributed by atoms with Crippen LogP contribution in [0.3, 0.4) is 0 Å². The van der Waals surface area contributed by atoms with Crippen molar-refractivity contribution in [2.24, 2.45) is 0 Å². The Morgan fingerprint density at radius 2 is 0.553 bits per heavy atom. The smallest absolute Gasteiger partial charge is 0.0727 e. The summed E-state index contributed by atoms with van der Waals surface area (Å²) in [5.74, 6) is 0. The van der Waals surface area contributed by atoms with Crippen molar-refractivity contribution < 1.29 is 0 Å². The molecular weight excluding hydrogens is 1030 g/mol. The number of benzene rings is 14. The van der Waals surface area contributed by atoms with E-state index in [0.29, 0.717) is 0 Å². The van der Waals surface area contributed by atoms with Crippen molar-refractivity contribution in [3.63, 3.8) is 0 Å². The van der Waals surface area contributed by atoms with Gasteiger partial charge in [0.25, 0.3) is 0 Å². The summed E-state index contributed by atoms with van der Waals surface area (Å²) < 4.78 is 10.0. The van der Waals surface area contributed by atoms with Crippen LogP contribution in [0.4, 0.5) is 0 Å². The average molecular weight is 1080 g/mol. The fourth-order valence-electron chi connectivity index (χ4n) is 16.2. The highest BCUT2D eigenvalue weighted by Gasteiger charge is 2.52. The summed E-state index contributed by atoms with van der Waals surface area (Å²) in [4.78, 5) is 0. The SMILES string of the molecule is c1ccc(-n2c3ccccc3c3ccc(-n4c5cc6c(cc5c5c7ccccc7ccc54)-c4cc5c7c8ccccc8ccc7n(-c7ccc8c9ccccc9n(-c9ccccc9)c8c7)c5cc4C64c5ccccc5-c5ccccc54)cc32)cc1. The summed E-state index contributed by atoms with van der Waals surface area (Å²) in [6, 6.07) is 110. The van der Waals surface area contributed by atoms with Gasteiger partial charge >= 0.3 is 0 Å². The van der Waals surface area contributed by atoms with Gasteiger partial charge in [-0.1, -0.05) is 194 Å². The normalized spacial score (nSPS) is 13.3. The maximum absolute atomic E-state index is 2.61. The highest BCUT2D eigenvalue weighted by atomic mass is 15.0. The molecule has 0 aliphatic heterocycles. The van der Waals surface area contributed by atoms with Gasteiger partial charge in [-0.25, -0.2) is 0 Å². The Labute approximate surface area is 488 Å². The lowest BCUT2D eigenvalue weighted by atomic mass is 9.70. The molecule has 85 heavy (non-hydrogen) atoms. The number of hydrogen-bond donors (Lipinski definition) is 0. The molecule has 0 amide bonds. The van der Waals surface area contributed by atoms with Crippen LogP contribution in [0, 0.1) is 0 Å². The van der Waals surface area contributed by atoms with E-state index in [9.17, 15) is 0 Å². The van der Waals surface area contributed by atoms with Crippen molar-refractivity contribution in [3.05, 3.63) is 313 Å². The van der Waals surface area contributed by atoms with Crippen molar-refractivity contribution in [1.29, 1.82) is 0 Å². The monoisotopic (exact) mass is 1080 g/mol. The van der Waals surface area contributed by atoms with Crippen molar-refractivity contribution in [3.8, 4) is 45.0 Å². The first-order valence-corrected chi connectivity index (χ1v) is 29.6. The molecule has 1 spiro atoms. The molecular formula is C81H48N4. The number of hydrogen-bond acceptors (Lipinski definition) is 0. The van der Waals surface area contributed by atoms with Gasteiger partial charge in [-0.2, -0.15) is 0 Å². The summed E-state index contributed by atoms with van der Waals surface area (Å²) in [6.45, 7) is 0. The van der Waals surface area contributed by atoms with Gasteiger partial charge in [0.05, 0.1) is 49.5 Å². The highest BCUT2D eigenvalue weighted by Crippen LogP contribution is 2.64. The first-order valence-electron chi connectivity index (χ1n) is 29.6. The predicted octanol–water partition coefficient (Wildman–Crippen LogP) is 20.7. The standard InChI is InChI=1S/C81H48N4/c1-3-21-51(22-4-1)82-71-33-17-13-29-59(71)61-39-37-53(43-75(61)82)84-73-41-35-49-19-7-9-25-55(49)79(73)65-45-63-64-46-66-78(48-70(64)81(69(63)47-77(65)84)67-31-15-11-27-57(67)58-28-12-16-32-68(58)81)85(74-42-36-50-20-8-10-26-56(50)80(66)74)54-38-40-62-60-30-14-18-34-72(60)83(76(62)44-54)52-23-5-2-6-24-52/h1-48H. The molecule has 0 fully saturated rings. The molecule has 0 unspecified atom stereocenters. The number of fused-ring (bicyclic) bond motifs is 26. The van der Waals surface area contributed by atoms with Crippen LogP contribution in [0.15, 0.2) is 291 Å². The van der Waals surface area contributed by atoms with Gasteiger partial charge in [0, 0.05) is 65.8 Å². The zero-order valence-corrected chi connectivity index (χ0v) is 46.0. The molecule has 0 bridgehead atoms. The van der Waals surface area contributed by atoms with E-state index in [-0.39, 0.29) is 0 Å². The van der Waals surface area contributed by atoms with Crippen LogP contribution in [0.5, 0.6) is 0 Å². The van der Waals surface area contributed by atoms with Crippen molar-refractivity contribution in [2.45, 2.75) is 5.41 Å². The summed E-state index contributed by atoms with van der Waals surface area (Å²) in [6.07, 6.45) is 0. The second-order valence-corrected chi connectivity index (χ2v) is 23.5. The molecule has 0 saturated carbocycles. The van der Waals surface area contributed by atoms with Gasteiger partial charge in [0.1, 0.15) is 0 Å². The van der Waals surface area contributed by atoms with Crippen LogP contribution in [-0.4, -0.2) is 18.3 Å². The Hall–Kier alpha value is -11.2. The van der Waals surface area contributed by atoms with Crippen molar-refractivity contribution in [1.82, 2.24) is 18.3 Å². The summed E-state index contributed by atoms with van der Waals surface area (Å²) in [5, 5.41) is 14.9. The van der Waals surface area contributed by atoms with E-state index in [1.165, 1.54) is 153 Å². The minimum absolute atomic E-state index is 0.652. The largest absolute Gasteiger partial charge is 0.309 e. The zero-order chi connectivity index (χ0) is 55.2. The van der Waals surface area contributed by atoms with E-state index in [1.54, 1.807) is 0 Å². The minimum Gasteiger partial charge on any atom is -0.309 e. The first kappa shape index (κ1) is 45.4. The number of para-hydroxylation sites is 4. The maximum atomic E-state index is 2.61. The Bertz CT molecular complexity index is 5600. The summed E-state index contributed by atoms with van der Waals surface area (Å²) in [7, 11) is 0. The predicted molar refractivity (Wildman–Crippen MR) is 355 cm³/mol. The van der Waals surface area contributed by atoms with Crippen LogP contribution < -0.4 is 0 Å². The molecule has 2 aliphatic rings. The van der Waals surface area contributed by atoms with Gasteiger partial charge in [0.15, 0.2) is 0 Å². The highest BCUT2D eigenvalue weighted by molar-refractivity contribution is 6.25. The van der Waals surface area contributed by atoms with Gasteiger partial charge in [-0.3, -0.25) is 0 Å². The Balaban J connectivity index is 0.931. The molecule has 2 aliphatic carbocycles. The zero-order valence-electron chi connectivity index (χ0n) is 46.0. The Kier molecular flexibility index (Phi) is 8.82.